The summed E-state index contributed by atoms with van der Waals surface area (Å²) >= 11 is 0. The summed E-state index contributed by atoms with van der Waals surface area (Å²) in [5.74, 6) is -1.78. The summed E-state index contributed by atoms with van der Waals surface area (Å²) in [6.45, 7) is 2.51. The van der Waals surface area contributed by atoms with Gasteiger partial charge in [0, 0.05) is 28.3 Å². The Morgan fingerprint density at radius 2 is 1.71 bits per heavy atom. The monoisotopic (exact) mass is 330 g/mol. The van der Waals surface area contributed by atoms with Crippen LogP contribution in [0, 0.1) is 5.82 Å². The Bertz CT molecular complexity index is 743. The summed E-state index contributed by atoms with van der Waals surface area (Å²) in [6.07, 6.45) is 1.83. The molecule has 0 heterocycles. The zero-order chi connectivity index (χ0) is 17.7. The first-order valence-corrected chi connectivity index (χ1v) is 7.61. The lowest BCUT2D eigenvalue weighted by molar-refractivity contribution is 0.0999. The fourth-order valence-electron chi connectivity index (χ4n) is 2.38. The van der Waals surface area contributed by atoms with Gasteiger partial charge in [0.05, 0.1) is 6.61 Å². The summed E-state index contributed by atoms with van der Waals surface area (Å²) in [5, 5.41) is 0. The maximum absolute atomic E-state index is 14.5. The molecular weight excluding hydrogens is 311 g/mol. The van der Waals surface area contributed by atoms with E-state index in [-0.39, 0.29) is 22.3 Å². The van der Waals surface area contributed by atoms with Gasteiger partial charge in [-0.05, 0) is 30.7 Å². The van der Waals surface area contributed by atoms with Gasteiger partial charge in [-0.2, -0.15) is 0 Å². The number of carbonyl (C=O) groups is 2. The fourth-order valence-corrected chi connectivity index (χ4v) is 2.38. The Hall–Kier alpha value is -2.89. The number of benzene rings is 2. The average molecular weight is 330 g/mol. The normalized spacial score (nSPS) is 10.4. The second kappa shape index (κ2) is 7.59. The molecule has 0 atom stereocenters. The summed E-state index contributed by atoms with van der Waals surface area (Å²) < 4.78 is 20.0. The van der Waals surface area contributed by atoms with Gasteiger partial charge in [0.15, 0.2) is 0 Å². The lowest BCUT2D eigenvalue weighted by Gasteiger charge is -2.13. The van der Waals surface area contributed by atoms with Crippen molar-refractivity contribution in [3.05, 3.63) is 53.3 Å². The number of carbonyl (C=O) groups excluding carboxylic acids is 2. The maximum atomic E-state index is 14.5. The van der Waals surface area contributed by atoms with Crippen molar-refractivity contribution in [3.8, 4) is 16.9 Å². The molecule has 0 bridgehead atoms. The van der Waals surface area contributed by atoms with Crippen LogP contribution in [-0.4, -0.2) is 18.4 Å². The molecule has 0 unspecified atom stereocenters. The first kappa shape index (κ1) is 17.5. The Kier molecular flexibility index (Phi) is 5.52. The van der Waals surface area contributed by atoms with Crippen LogP contribution in [0.1, 0.15) is 40.5 Å². The van der Waals surface area contributed by atoms with Gasteiger partial charge in [-0.1, -0.05) is 19.4 Å². The van der Waals surface area contributed by atoms with Gasteiger partial charge in [0.25, 0.3) is 0 Å². The SMILES string of the molecule is CCCCOc1ccc(-c2c(C(N)=O)cccc2C(N)=O)c(F)c1. The van der Waals surface area contributed by atoms with E-state index in [0.717, 1.165) is 12.8 Å². The molecule has 24 heavy (non-hydrogen) atoms. The number of hydrogen-bond acceptors (Lipinski definition) is 3. The number of amides is 2. The van der Waals surface area contributed by atoms with Crippen LogP contribution >= 0.6 is 0 Å². The van der Waals surface area contributed by atoms with E-state index in [1.54, 1.807) is 6.07 Å². The summed E-state index contributed by atoms with van der Waals surface area (Å²) in [4.78, 5) is 23.3. The molecule has 4 N–H and O–H groups in total. The summed E-state index contributed by atoms with van der Waals surface area (Å²) in [7, 11) is 0. The topological polar surface area (TPSA) is 95.4 Å². The third-order valence-corrected chi connectivity index (χ3v) is 3.57. The molecule has 2 aromatic rings. The van der Waals surface area contributed by atoms with Crippen molar-refractivity contribution in [3.63, 3.8) is 0 Å². The zero-order valence-electron chi connectivity index (χ0n) is 13.3. The van der Waals surface area contributed by atoms with Crippen LogP contribution in [-0.2, 0) is 0 Å². The molecule has 0 aliphatic carbocycles. The smallest absolute Gasteiger partial charge is 0.249 e. The van der Waals surface area contributed by atoms with Crippen molar-refractivity contribution >= 4 is 11.8 Å². The van der Waals surface area contributed by atoms with E-state index in [4.69, 9.17) is 16.2 Å². The molecule has 0 fully saturated rings. The molecule has 0 radical (unpaired) electrons. The van der Waals surface area contributed by atoms with Crippen LogP contribution in [0.2, 0.25) is 0 Å². The van der Waals surface area contributed by atoms with Gasteiger partial charge in [0.1, 0.15) is 11.6 Å². The van der Waals surface area contributed by atoms with Crippen molar-refractivity contribution < 1.29 is 18.7 Å². The summed E-state index contributed by atoms with van der Waals surface area (Å²) in [5.41, 5.74) is 10.9. The molecule has 0 aliphatic heterocycles. The van der Waals surface area contributed by atoms with E-state index in [2.05, 4.69) is 0 Å². The molecule has 0 aromatic heterocycles. The van der Waals surface area contributed by atoms with Crippen LogP contribution < -0.4 is 16.2 Å². The maximum Gasteiger partial charge on any atom is 0.249 e. The third-order valence-electron chi connectivity index (χ3n) is 3.57. The molecule has 0 saturated carbocycles. The first-order valence-electron chi connectivity index (χ1n) is 7.61. The Labute approximate surface area is 139 Å². The van der Waals surface area contributed by atoms with Gasteiger partial charge in [-0.3, -0.25) is 9.59 Å². The second-order valence-electron chi connectivity index (χ2n) is 5.30. The molecule has 6 heteroatoms. The minimum Gasteiger partial charge on any atom is -0.493 e. The number of nitrogens with two attached hydrogens (primary N) is 2. The highest BCUT2D eigenvalue weighted by atomic mass is 19.1. The van der Waals surface area contributed by atoms with Crippen molar-refractivity contribution in [2.24, 2.45) is 11.5 Å². The number of primary amides is 2. The number of halogens is 1. The van der Waals surface area contributed by atoms with Crippen LogP contribution in [0.4, 0.5) is 4.39 Å². The molecule has 2 aromatic carbocycles. The van der Waals surface area contributed by atoms with E-state index in [1.165, 1.54) is 30.3 Å². The molecule has 2 amide bonds. The minimum absolute atomic E-state index is 0.0323. The van der Waals surface area contributed by atoms with Gasteiger partial charge < -0.3 is 16.2 Å². The highest BCUT2D eigenvalue weighted by Gasteiger charge is 2.20. The molecule has 5 nitrogen and oxygen atoms in total. The standard InChI is InChI=1S/C18H19FN2O3/c1-2-3-9-24-11-7-8-12(15(19)10-11)16-13(17(20)22)5-4-6-14(16)18(21)23/h4-8,10H,2-3,9H2,1H3,(H2,20,22)(H2,21,23). The summed E-state index contributed by atoms with van der Waals surface area (Å²) in [6, 6.07) is 8.57. The van der Waals surface area contributed by atoms with Crippen LogP contribution in [0.15, 0.2) is 36.4 Å². The quantitative estimate of drug-likeness (QED) is 0.764. The van der Waals surface area contributed by atoms with E-state index in [0.29, 0.717) is 12.4 Å². The Morgan fingerprint density at radius 1 is 1.08 bits per heavy atom. The molecule has 0 saturated heterocycles. The fraction of sp³-hybridized carbons (Fsp3) is 0.222. The number of hydrogen-bond donors (Lipinski definition) is 2. The number of unbranched alkanes of at least 4 members (excludes halogenated alkanes) is 1. The van der Waals surface area contributed by atoms with E-state index in [9.17, 15) is 14.0 Å². The average Bonchev–Trinajstić information content (AvgIpc) is 2.54. The van der Waals surface area contributed by atoms with Crippen LogP contribution in [0.25, 0.3) is 11.1 Å². The predicted octanol–water partition coefficient (Wildman–Crippen LogP) is 2.87. The second-order valence-corrected chi connectivity index (χ2v) is 5.30. The highest BCUT2D eigenvalue weighted by Crippen LogP contribution is 2.32. The Balaban J connectivity index is 2.51. The minimum atomic E-state index is -0.768. The van der Waals surface area contributed by atoms with Gasteiger partial charge in [-0.15, -0.1) is 0 Å². The van der Waals surface area contributed by atoms with Crippen molar-refractivity contribution in [2.45, 2.75) is 19.8 Å². The van der Waals surface area contributed by atoms with Gasteiger partial charge >= 0.3 is 0 Å². The Morgan fingerprint density at radius 3 is 2.21 bits per heavy atom. The highest BCUT2D eigenvalue weighted by molar-refractivity contribution is 6.08. The molecule has 0 spiro atoms. The van der Waals surface area contributed by atoms with Gasteiger partial charge in [0.2, 0.25) is 11.8 Å². The van der Waals surface area contributed by atoms with E-state index < -0.39 is 17.6 Å². The number of ether oxygens (including phenoxy) is 1. The van der Waals surface area contributed by atoms with Crippen molar-refractivity contribution in [1.82, 2.24) is 0 Å². The molecule has 0 aliphatic rings. The molecular formula is C18H19FN2O3. The van der Waals surface area contributed by atoms with E-state index in [1.807, 2.05) is 6.92 Å². The van der Waals surface area contributed by atoms with Crippen LogP contribution in [0.5, 0.6) is 5.75 Å². The molecule has 126 valence electrons. The first-order chi connectivity index (χ1) is 11.5. The van der Waals surface area contributed by atoms with Crippen LogP contribution in [0.3, 0.4) is 0 Å². The largest absolute Gasteiger partial charge is 0.493 e. The number of rotatable bonds is 7. The third kappa shape index (κ3) is 3.71. The van der Waals surface area contributed by atoms with Crippen molar-refractivity contribution in [2.75, 3.05) is 6.61 Å². The lowest BCUT2D eigenvalue weighted by Crippen LogP contribution is -2.18. The zero-order valence-corrected chi connectivity index (χ0v) is 13.3. The molecule has 2 rings (SSSR count). The van der Waals surface area contributed by atoms with Gasteiger partial charge in [-0.25, -0.2) is 4.39 Å². The van der Waals surface area contributed by atoms with Crippen molar-refractivity contribution in [1.29, 1.82) is 0 Å². The van der Waals surface area contributed by atoms with E-state index >= 15 is 0 Å². The predicted molar refractivity (Wildman–Crippen MR) is 89.3 cm³/mol. The lowest BCUT2D eigenvalue weighted by atomic mass is 9.93.